The summed E-state index contributed by atoms with van der Waals surface area (Å²) in [6, 6.07) is 0. The minimum absolute atomic E-state index is 0.0223. The van der Waals surface area contributed by atoms with E-state index in [0.717, 1.165) is 98.8 Å². The fourth-order valence-electron chi connectivity index (χ4n) is 12.3. The Morgan fingerprint density at radius 3 is 0.500 bits per heavy atom. The third-order valence-electron chi connectivity index (χ3n) is 20.7. The summed E-state index contributed by atoms with van der Waals surface area (Å²) in [6.45, 7) is 33.1. The monoisotopic (exact) mass is 2090 g/mol. The Bertz CT molecular complexity index is 4450. The molecule has 0 saturated heterocycles. The average Bonchev–Trinajstić information content (AvgIpc) is 0.782. The predicted molar refractivity (Wildman–Crippen MR) is 522 cm³/mol. The number of carbonyl (C=O) groups is 18. The first-order valence-corrected chi connectivity index (χ1v) is 46.3. The first kappa shape index (κ1) is 131. The van der Waals surface area contributed by atoms with Gasteiger partial charge in [-0.05, 0) is 44.9 Å². The van der Waals surface area contributed by atoms with Gasteiger partial charge >= 0.3 is 125 Å². The Balaban J connectivity index is 3.78. The molecular formula is C100H136N6O42. The molecule has 0 saturated carbocycles. The van der Waals surface area contributed by atoms with E-state index in [2.05, 4.69) is 108 Å². The molecule has 0 unspecified atom stereocenters. The molecule has 48 heteroatoms. The fourth-order valence-corrected chi connectivity index (χ4v) is 12.3. The highest BCUT2D eigenvalue weighted by Crippen LogP contribution is 2.31. The van der Waals surface area contributed by atoms with Gasteiger partial charge < -0.3 is 115 Å². The van der Waals surface area contributed by atoms with Crippen molar-refractivity contribution in [1.82, 2.24) is 29.7 Å². The van der Waals surface area contributed by atoms with E-state index in [0.29, 0.717) is 44.9 Å². The van der Waals surface area contributed by atoms with Crippen LogP contribution in [0.15, 0.2) is 192 Å². The second kappa shape index (κ2) is 73.6. The molecule has 0 atom stereocenters. The number of hydrogen-bond acceptors (Lipinski definition) is 42. The van der Waals surface area contributed by atoms with Crippen LogP contribution in [0.5, 0.6) is 0 Å². The van der Waals surface area contributed by atoms with Crippen molar-refractivity contribution in [1.29, 1.82) is 0 Å². The van der Waals surface area contributed by atoms with Crippen LogP contribution in [0.4, 0.5) is 14.4 Å². The summed E-state index contributed by atoms with van der Waals surface area (Å²) in [5.74, 6) is -13.9. The minimum atomic E-state index is -1.76. The van der Waals surface area contributed by atoms with Crippen LogP contribution in [0.3, 0.4) is 0 Å². The molecule has 0 radical (unpaired) electrons. The van der Waals surface area contributed by atoms with Gasteiger partial charge in [0.25, 0.3) is 0 Å². The van der Waals surface area contributed by atoms with E-state index in [1.165, 1.54) is 0 Å². The van der Waals surface area contributed by atoms with Crippen molar-refractivity contribution >= 4 is 108 Å². The van der Waals surface area contributed by atoms with E-state index in [9.17, 15) is 101 Å². The predicted octanol–water partition coefficient (Wildman–Crippen LogP) is 5.55. The topological polar surface area (TPSA) is 603 Å². The van der Waals surface area contributed by atoms with Crippen LogP contribution < -0.4 is 33.0 Å². The van der Waals surface area contributed by atoms with Gasteiger partial charge in [0.05, 0.1) is 72.1 Å². The van der Waals surface area contributed by atoms with Gasteiger partial charge in [-0.1, -0.05) is 138 Å². The lowest BCUT2D eigenvalue weighted by atomic mass is 9.90. The molecule has 0 aliphatic heterocycles. The Morgan fingerprint density at radius 2 is 0.351 bits per heavy atom. The number of nitrogens with zero attached hydrogens (tertiary/aromatic N) is 3. The quantitative estimate of drug-likeness (QED) is 0.0311. The number of unbranched alkanes of at least 4 members (excludes halogenated alkanes) is 9. The molecule has 0 aromatic carbocycles. The Labute approximate surface area is 855 Å². The van der Waals surface area contributed by atoms with Gasteiger partial charge in [-0.25, -0.2) is 110 Å². The summed E-state index contributed by atoms with van der Waals surface area (Å²) in [7, 11) is 0. The SMILES string of the molecule is C=CC(=O)OCC(COCC(COC(=O)C=C)(COC(=O)C=C)COC(=O)NCCCCCCn1c(=O)n(CCCCCCNC(=O)OCC(COCC(COC(=O)C=C)(COC(=O)C=C)COC(=O)C=C)(COC(=O)C=C)COC(=O)C=C)c(=O)n(CCCCCCNC(=O)OCC(COCC(COC(=O)C=C)(COC(=O)C=C)COC(=O)CCC)(COC(=O)C=C)COC(=O)C=C)c1=O)(COC(=O)C=C)COC(=O)C=C. The van der Waals surface area contributed by atoms with Crippen LogP contribution in [0.2, 0.25) is 0 Å². The van der Waals surface area contributed by atoms with E-state index in [1.807, 2.05) is 0 Å². The van der Waals surface area contributed by atoms with Gasteiger partial charge in [-0.2, -0.15) is 0 Å². The zero-order valence-electron chi connectivity index (χ0n) is 83.6. The molecular weight excluding hydrogens is 1960 g/mol. The minimum Gasteiger partial charge on any atom is -0.465 e. The third-order valence-corrected chi connectivity index (χ3v) is 20.7. The normalized spacial score (nSPS) is 11.1. The highest BCUT2D eigenvalue weighted by Gasteiger charge is 2.45. The van der Waals surface area contributed by atoms with Gasteiger partial charge in [0.1, 0.15) is 119 Å². The number of esters is 15. The first-order valence-electron chi connectivity index (χ1n) is 46.3. The van der Waals surface area contributed by atoms with Crippen molar-refractivity contribution in [2.24, 2.45) is 32.5 Å². The molecule has 48 nitrogen and oxygen atoms in total. The second-order valence-electron chi connectivity index (χ2n) is 33.3. The zero-order valence-corrected chi connectivity index (χ0v) is 83.6. The number of amides is 3. The molecule has 1 aromatic heterocycles. The molecule has 0 aliphatic carbocycles. The first-order chi connectivity index (χ1) is 70.6. The van der Waals surface area contributed by atoms with Crippen LogP contribution in [-0.2, 0) is 191 Å². The molecule has 1 heterocycles. The van der Waals surface area contributed by atoms with Gasteiger partial charge in [0.2, 0.25) is 0 Å². The highest BCUT2D eigenvalue weighted by atomic mass is 16.6. The van der Waals surface area contributed by atoms with E-state index >= 15 is 0 Å². The van der Waals surface area contributed by atoms with Crippen LogP contribution in [0.25, 0.3) is 0 Å². The van der Waals surface area contributed by atoms with E-state index in [4.69, 9.17) is 99.5 Å². The summed E-state index contributed by atoms with van der Waals surface area (Å²) in [6.07, 6.45) is 12.2. The second-order valence-corrected chi connectivity index (χ2v) is 33.3. The smallest absolute Gasteiger partial charge is 0.407 e. The molecule has 0 spiro atoms. The van der Waals surface area contributed by atoms with Gasteiger partial charge in [0, 0.05) is 131 Å². The average molecular weight is 2090 g/mol. The molecule has 0 bridgehead atoms. The lowest BCUT2D eigenvalue weighted by Crippen LogP contribution is -2.54. The van der Waals surface area contributed by atoms with Crippen molar-refractivity contribution < 1.29 is 186 Å². The van der Waals surface area contributed by atoms with Crippen LogP contribution in [0, 0.1) is 32.5 Å². The molecule has 1 aromatic rings. The van der Waals surface area contributed by atoms with Gasteiger partial charge in [0.15, 0.2) is 0 Å². The largest absolute Gasteiger partial charge is 0.465 e. The molecule has 1 rings (SSSR count). The number of carbonyl (C=O) groups excluding carboxylic acids is 18. The lowest BCUT2D eigenvalue weighted by Gasteiger charge is -2.35. The molecule has 0 fully saturated rings. The molecule has 3 amide bonds. The van der Waals surface area contributed by atoms with E-state index in [-0.39, 0.29) is 84.2 Å². The Hall–Kier alpha value is -15.5. The van der Waals surface area contributed by atoms with Gasteiger partial charge in [-0.3, -0.25) is 4.79 Å². The maximum absolute atomic E-state index is 14.4. The van der Waals surface area contributed by atoms with Crippen LogP contribution in [-0.4, -0.2) is 300 Å². The van der Waals surface area contributed by atoms with Gasteiger partial charge in [-0.15, -0.1) is 0 Å². The summed E-state index contributed by atoms with van der Waals surface area (Å²) in [4.78, 5) is 271. The zero-order chi connectivity index (χ0) is 111. The maximum atomic E-state index is 14.4. The lowest BCUT2D eigenvalue weighted by molar-refractivity contribution is -0.171. The maximum Gasteiger partial charge on any atom is 0.407 e. The standard InChI is InChI=1S/C100H136N6O42/c1-16-43-88(121)145-70-97(62-137-80(113)23-8,63-138-81(114)24-9)52-130-55-100(68-143-86(119)29-14,69-144-87(120)30-15)73-148-91(124)103-46-39-33-36-42-49-106-93(126)104(47-40-34-31-37-44-101-89(122)146-71-98(64-139-82(115)25-10,65-140-83(116)26-11)53-128-50-95(56-131-74(107)17-2,57-132-75(108)18-3)58-133-76(109)19-4)92(125)105(94(106)127)48-41-35-32-38-45-102-90(123)147-72-99(66-141-84(117)27-12,67-142-85(118)28-13)54-129-51-96(59-134-77(110)20-5,60-135-78(111)21-6)61-136-79(112)22-7/h17-30H,2-16,31-73H2,1H3,(H,101,122)(H,102,123)(H,103,124). The number of nitrogens with one attached hydrogen (secondary N) is 3. The van der Waals surface area contributed by atoms with E-state index in [1.54, 1.807) is 6.92 Å². The van der Waals surface area contributed by atoms with Crippen molar-refractivity contribution in [3.8, 4) is 0 Å². The molecule has 148 heavy (non-hydrogen) atoms. The number of rotatable bonds is 85. The Kier molecular flexibility index (Phi) is 64.9. The van der Waals surface area contributed by atoms with Crippen LogP contribution in [0.1, 0.15) is 96.8 Å². The van der Waals surface area contributed by atoms with Crippen LogP contribution >= 0.6 is 0 Å². The number of aromatic nitrogens is 3. The summed E-state index contributed by atoms with van der Waals surface area (Å²) in [5, 5.41) is 7.74. The summed E-state index contributed by atoms with van der Waals surface area (Å²) in [5.41, 5.74) is -13.1. The molecule has 0 aliphatic rings. The fraction of sp³-hybridized carbons (Fsp3) is 0.510. The third kappa shape index (κ3) is 53.9. The Morgan fingerprint density at radius 1 is 0.209 bits per heavy atom. The number of ether oxygens (including phenoxy) is 21. The van der Waals surface area contributed by atoms with Crippen molar-refractivity contribution in [2.45, 2.75) is 116 Å². The van der Waals surface area contributed by atoms with Crippen molar-refractivity contribution in [2.75, 3.05) is 178 Å². The molecule has 818 valence electrons. The van der Waals surface area contributed by atoms with E-state index < -0.39 is 316 Å². The van der Waals surface area contributed by atoms with Crippen molar-refractivity contribution in [3.05, 3.63) is 209 Å². The number of alkyl carbamates (subject to hydrolysis) is 3. The molecule has 3 N–H and O–H groups in total. The van der Waals surface area contributed by atoms with Crippen molar-refractivity contribution in [3.63, 3.8) is 0 Å². The summed E-state index contributed by atoms with van der Waals surface area (Å²) < 4.78 is 118. The highest BCUT2D eigenvalue weighted by molar-refractivity contribution is 5.86. The summed E-state index contributed by atoms with van der Waals surface area (Å²) >= 11 is 0. The number of hydrogen-bond donors (Lipinski definition) is 3.